The van der Waals surface area contributed by atoms with Crippen molar-refractivity contribution in [2.45, 2.75) is 0 Å². The van der Waals surface area contributed by atoms with Crippen LogP contribution in [0.2, 0.25) is 10.0 Å². The number of rotatable bonds is 2. The molecule has 0 N–H and O–H groups in total. The second kappa shape index (κ2) is 5.58. The van der Waals surface area contributed by atoms with Crippen molar-refractivity contribution in [3.63, 3.8) is 0 Å². The topological polar surface area (TPSA) is 61.4 Å². The monoisotopic (exact) mass is 358 g/mol. The summed E-state index contributed by atoms with van der Waals surface area (Å²) in [7, 11) is 3.59. The highest BCUT2D eigenvalue weighted by atomic mass is 35.5. The summed E-state index contributed by atoms with van der Waals surface area (Å²) in [4.78, 5) is 1.42. The zero-order chi connectivity index (χ0) is 16.8. The predicted octanol–water partition coefficient (Wildman–Crippen LogP) is 3.74. The van der Waals surface area contributed by atoms with E-state index in [9.17, 15) is 0 Å². The van der Waals surface area contributed by atoms with Gasteiger partial charge in [-0.3, -0.25) is 4.68 Å². The Kier molecular flexibility index (Phi) is 3.51. The van der Waals surface area contributed by atoms with Gasteiger partial charge >= 0.3 is 0 Å². The van der Waals surface area contributed by atoms with Crippen LogP contribution in [0.15, 0.2) is 36.4 Å². The summed E-state index contributed by atoms with van der Waals surface area (Å²) in [6, 6.07) is 11.4. The van der Waals surface area contributed by atoms with E-state index in [4.69, 9.17) is 23.2 Å². The molecule has 0 bridgehead atoms. The number of benzene rings is 2. The first-order valence-electron chi connectivity index (χ1n) is 7.20. The summed E-state index contributed by atoms with van der Waals surface area (Å²) in [5.74, 6) is 0.529. The molecule has 4 aromatic rings. The van der Waals surface area contributed by atoms with Crippen LogP contribution in [0.25, 0.3) is 33.5 Å². The van der Waals surface area contributed by atoms with Gasteiger partial charge in [-0.2, -0.15) is 9.90 Å². The fraction of sp³-hybridized carbons (Fsp3) is 0.125. The summed E-state index contributed by atoms with van der Waals surface area (Å²) in [6.07, 6.45) is 0. The summed E-state index contributed by atoms with van der Waals surface area (Å²) < 4.78 is 1.76. The molecule has 2 heterocycles. The number of tetrazole rings is 1. The van der Waals surface area contributed by atoms with Crippen LogP contribution in [0, 0.1) is 0 Å². The molecule has 0 unspecified atom stereocenters. The van der Waals surface area contributed by atoms with Gasteiger partial charge in [0.15, 0.2) is 0 Å². The van der Waals surface area contributed by atoms with Gasteiger partial charge in [-0.05, 0) is 17.3 Å². The predicted molar refractivity (Wildman–Crippen MR) is 94.0 cm³/mol. The molecular formula is C16H12Cl2N6. The first kappa shape index (κ1) is 15.1. The lowest BCUT2D eigenvalue weighted by atomic mass is 10.0. The molecule has 0 amide bonds. The van der Waals surface area contributed by atoms with Crippen molar-refractivity contribution in [2.75, 3.05) is 0 Å². The number of nitrogens with zero attached hydrogens (tertiary/aromatic N) is 6. The van der Waals surface area contributed by atoms with Crippen molar-refractivity contribution < 1.29 is 0 Å². The normalized spacial score (nSPS) is 11.3. The van der Waals surface area contributed by atoms with Crippen LogP contribution in [0.4, 0.5) is 0 Å². The molecule has 0 spiro atoms. The molecular weight excluding hydrogens is 347 g/mol. The number of aryl methyl sites for hydroxylation is 2. The van der Waals surface area contributed by atoms with Crippen LogP contribution in [0.5, 0.6) is 0 Å². The Morgan fingerprint density at radius 2 is 1.79 bits per heavy atom. The highest BCUT2D eigenvalue weighted by Crippen LogP contribution is 2.36. The maximum atomic E-state index is 6.37. The molecule has 0 aliphatic carbocycles. The Morgan fingerprint density at radius 3 is 2.50 bits per heavy atom. The number of aromatic nitrogens is 6. The number of hydrogen-bond acceptors (Lipinski definition) is 4. The van der Waals surface area contributed by atoms with E-state index in [2.05, 4.69) is 20.5 Å². The number of hydrogen-bond donors (Lipinski definition) is 0. The van der Waals surface area contributed by atoms with Crippen LogP contribution in [-0.2, 0) is 14.1 Å². The lowest BCUT2D eigenvalue weighted by Gasteiger charge is -2.05. The van der Waals surface area contributed by atoms with Crippen molar-refractivity contribution in [3.8, 4) is 22.6 Å². The molecule has 8 heteroatoms. The minimum Gasteiger partial charge on any atom is -0.263 e. The van der Waals surface area contributed by atoms with Gasteiger partial charge in [0.1, 0.15) is 11.2 Å². The molecule has 120 valence electrons. The van der Waals surface area contributed by atoms with E-state index in [1.165, 1.54) is 4.80 Å². The van der Waals surface area contributed by atoms with Crippen molar-refractivity contribution >= 4 is 34.1 Å². The standard InChI is InChI=1S/C16H12Cl2N6/c1-23-15(16-19-22-24(2)21-16)12-5-3-4-11(14(12)20-23)10-7-6-9(17)8-13(10)18/h3-8H,1-2H3. The van der Waals surface area contributed by atoms with Crippen LogP contribution in [0.1, 0.15) is 0 Å². The summed E-state index contributed by atoms with van der Waals surface area (Å²) >= 11 is 12.4. The summed E-state index contributed by atoms with van der Waals surface area (Å²) in [5, 5.41) is 19.1. The average Bonchev–Trinajstić information content (AvgIpc) is 3.09. The lowest BCUT2D eigenvalue weighted by molar-refractivity contribution is 0.630. The fourth-order valence-corrected chi connectivity index (χ4v) is 3.30. The maximum absolute atomic E-state index is 6.37. The van der Waals surface area contributed by atoms with Gasteiger partial charge in [0.2, 0.25) is 5.82 Å². The molecule has 0 atom stereocenters. The molecule has 6 nitrogen and oxygen atoms in total. The second-order valence-corrected chi connectivity index (χ2v) is 6.24. The Hall–Kier alpha value is -2.44. The average molecular weight is 359 g/mol. The van der Waals surface area contributed by atoms with E-state index in [1.54, 1.807) is 17.8 Å². The van der Waals surface area contributed by atoms with Crippen molar-refractivity contribution in [2.24, 2.45) is 14.1 Å². The Bertz CT molecular complexity index is 1070. The van der Waals surface area contributed by atoms with Gasteiger partial charge in [-0.1, -0.05) is 47.5 Å². The highest BCUT2D eigenvalue weighted by molar-refractivity contribution is 6.36. The van der Waals surface area contributed by atoms with Crippen molar-refractivity contribution in [1.29, 1.82) is 0 Å². The third kappa shape index (κ3) is 2.35. The van der Waals surface area contributed by atoms with E-state index >= 15 is 0 Å². The molecule has 0 fully saturated rings. The molecule has 24 heavy (non-hydrogen) atoms. The van der Waals surface area contributed by atoms with Gasteiger partial charge in [-0.15, -0.1) is 10.2 Å². The Balaban J connectivity index is 2.00. The zero-order valence-electron chi connectivity index (χ0n) is 12.9. The molecule has 2 aromatic heterocycles. The molecule has 0 radical (unpaired) electrons. The van der Waals surface area contributed by atoms with Gasteiger partial charge < -0.3 is 0 Å². The smallest absolute Gasteiger partial charge is 0.223 e. The molecule has 2 aromatic carbocycles. The van der Waals surface area contributed by atoms with Gasteiger partial charge in [0.25, 0.3) is 0 Å². The van der Waals surface area contributed by atoms with Crippen molar-refractivity contribution in [1.82, 2.24) is 30.0 Å². The molecule has 4 rings (SSSR count). The first-order chi connectivity index (χ1) is 11.5. The Labute approximate surface area is 147 Å². The minimum atomic E-state index is 0.529. The number of halogens is 2. The fourth-order valence-electron chi connectivity index (χ4n) is 2.79. The largest absolute Gasteiger partial charge is 0.263 e. The summed E-state index contributed by atoms with van der Waals surface area (Å²) in [5.41, 5.74) is 3.44. The SMILES string of the molecule is Cn1nnc(-c2c3cccc(-c4ccc(Cl)cc4Cl)c3nn2C)n1. The molecule has 0 aliphatic rings. The zero-order valence-corrected chi connectivity index (χ0v) is 14.4. The lowest BCUT2D eigenvalue weighted by Crippen LogP contribution is -1.96. The van der Waals surface area contributed by atoms with Crippen LogP contribution < -0.4 is 0 Å². The van der Waals surface area contributed by atoms with Gasteiger partial charge in [-0.25, -0.2) is 0 Å². The maximum Gasteiger partial charge on any atom is 0.223 e. The van der Waals surface area contributed by atoms with Crippen LogP contribution in [0.3, 0.4) is 0 Å². The number of fused-ring (bicyclic) bond motifs is 1. The molecule has 0 aliphatic heterocycles. The van der Waals surface area contributed by atoms with E-state index in [0.717, 1.165) is 27.7 Å². The van der Waals surface area contributed by atoms with Crippen molar-refractivity contribution in [3.05, 3.63) is 46.4 Å². The minimum absolute atomic E-state index is 0.529. The highest BCUT2D eigenvalue weighted by Gasteiger charge is 2.19. The third-order valence-electron chi connectivity index (χ3n) is 3.81. The van der Waals surface area contributed by atoms with E-state index in [0.29, 0.717) is 15.9 Å². The van der Waals surface area contributed by atoms with Crippen LogP contribution >= 0.6 is 23.2 Å². The van der Waals surface area contributed by atoms with Gasteiger partial charge in [0, 0.05) is 33.6 Å². The molecule has 0 saturated heterocycles. The third-order valence-corrected chi connectivity index (χ3v) is 4.35. The molecule has 0 saturated carbocycles. The van der Waals surface area contributed by atoms with E-state index in [1.807, 2.05) is 37.4 Å². The first-order valence-corrected chi connectivity index (χ1v) is 7.95. The quantitative estimate of drug-likeness (QED) is 0.547. The Morgan fingerprint density at radius 1 is 0.958 bits per heavy atom. The van der Waals surface area contributed by atoms with E-state index < -0.39 is 0 Å². The van der Waals surface area contributed by atoms with Crippen LogP contribution in [-0.4, -0.2) is 30.0 Å². The van der Waals surface area contributed by atoms with E-state index in [-0.39, 0.29) is 0 Å². The second-order valence-electron chi connectivity index (χ2n) is 5.40. The summed E-state index contributed by atoms with van der Waals surface area (Å²) in [6.45, 7) is 0. The van der Waals surface area contributed by atoms with Gasteiger partial charge in [0.05, 0.1) is 7.05 Å².